The van der Waals surface area contributed by atoms with Crippen molar-refractivity contribution in [2.45, 2.75) is 13.0 Å². The lowest BCUT2D eigenvalue weighted by Crippen LogP contribution is -2.30. The maximum atomic E-state index is 5.97. The summed E-state index contributed by atoms with van der Waals surface area (Å²) in [6.45, 7) is 1.62. The summed E-state index contributed by atoms with van der Waals surface area (Å²) in [5.41, 5.74) is 4.10. The van der Waals surface area contributed by atoms with Crippen LogP contribution in [0.2, 0.25) is 0 Å². The van der Waals surface area contributed by atoms with E-state index in [0.717, 1.165) is 42.2 Å². The molecule has 4 heterocycles. The normalized spacial score (nSPS) is 13.9. The van der Waals surface area contributed by atoms with Crippen molar-refractivity contribution in [3.63, 3.8) is 0 Å². The van der Waals surface area contributed by atoms with Crippen molar-refractivity contribution in [2.75, 3.05) is 11.4 Å². The molecule has 5 rings (SSSR count). The number of oxazole rings is 1. The van der Waals surface area contributed by atoms with Gasteiger partial charge in [0.15, 0.2) is 0 Å². The minimum Gasteiger partial charge on any atom is -0.439 e. The zero-order valence-electron chi connectivity index (χ0n) is 14.2. The van der Waals surface area contributed by atoms with Gasteiger partial charge < -0.3 is 9.32 Å². The molecule has 0 bridgehead atoms. The number of aromatic nitrogens is 3. The van der Waals surface area contributed by atoms with E-state index in [4.69, 9.17) is 11.9 Å². The maximum Gasteiger partial charge on any atom is 0.245 e. The van der Waals surface area contributed by atoms with Gasteiger partial charge >= 0.3 is 0 Å². The van der Waals surface area contributed by atoms with Crippen LogP contribution in [0, 0.1) is 0 Å². The van der Waals surface area contributed by atoms with E-state index in [1.165, 1.54) is 23.3 Å². The molecule has 0 N–H and O–H groups in total. The first kappa shape index (κ1) is 17.1. The second-order valence-corrected chi connectivity index (χ2v) is 8.01. The predicted octanol–water partition coefficient (Wildman–Crippen LogP) is 5.03. The molecular weight excluding hydrogens is 475 g/mol. The molecule has 0 amide bonds. The number of hydrogen-bond acceptors (Lipinski definition) is 6. The maximum absolute atomic E-state index is 5.97. The number of hydrogen-bond donors (Lipinski definition) is 0. The van der Waals surface area contributed by atoms with Gasteiger partial charge in [-0.1, -0.05) is 12.1 Å². The highest BCUT2D eigenvalue weighted by atomic mass is 127. The van der Waals surface area contributed by atoms with E-state index in [-0.39, 0.29) is 0 Å². The first-order chi connectivity index (χ1) is 13.3. The molecule has 0 radical (unpaired) electrons. The molecule has 0 saturated carbocycles. The number of anilines is 1. The Kier molecular flexibility index (Phi) is 4.54. The van der Waals surface area contributed by atoms with Gasteiger partial charge in [-0.05, 0) is 30.3 Å². The van der Waals surface area contributed by atoms with Gasteiger partial charge in [-0.25, -0.2) is 7.50 Å². The summed E-state index contributed by atoms with van der Waals surface area (Å²) in [6, 6.07) is 14.2. The third kappa shape index (κ3) is 3.11. The van der Waals surface area contributed by atoms with E-state index >= 15 is 0 Å². The summed E-state index contributed by atoms with van der Waals surface area (Å²) in [5.74, 6) is 1.56. The van der Waals surface area contributed by atoms with Crippen LogP contribution in [0.25, 0.3) is 22.5 Å². The van der Waals surface area contributed by atoms with Crippen LogP contribution in [0.15, 0.2) is 59.3 Å². The Labute approximate surface area is 174 Å². The van der Waals surface area contributed by atoms with Crippen molar-refractivity contribution in [2.24, 2.45) is 0 Å². The van der Waals surface area contributed by atoms with E-state index in [1.54, 1.807) is 6.20 Å². The lowest BCUT2D eigenvalue weighted by molar-refractivity contribution is 0.498. The second-order valence-electron chi connectivity index (χ2n) is 6.26. The fourth-order valence-electron chi connectivity index (χ4n) is 3.50. The van der Waals surface area contributed by atoms with E-state index < -0.39 is 0 Å². The number of pyridine rings is 1. The fraction of sp³-hybridized carbons (Fsp3) is 0.158. The van der Waals surface area contributed by atoms with Gasteiger partial charge in [0.05, 0.1) is 12.1 Å². The van der Waals surface area contributed by atoms with E-state index in [9.17, 15) is 0 Å². The second kappa shape index (κ2) is 7.17. The molecule has 136 valence electrons. The van der Waals surface area contributed by atoms with E-state index in [2.05, 4.69) is 34.1 Å². The molecule has 1 aliphatic heterocycles. The van der Waals surface area contributed by atoms with Crippen LogP contribution < -0.4 is 4.90 Å². The number of fused-ring (bicyclic) bond motifs is 2. The van der Waals surface area contributed by atoms with Crippen LogP contribution in [-0.2, 0) is 15.5 Å². The molecule has 0 fully saturated rings. The van der Waals surface area contributed by atoms with Crippen molar-refractivity contribution >= 4 is 51.8 Å². The Morgan fingerprint density at radius 2 is 2.11 bits per heavy atom. The van der Waals surface area contributed by atoms with Crippen LogP contribution in [0.5, 0.6) is 0 Å². The minimum atomic E-state index is 0.599. The number of rotatable bonds is 4. The highest BCUT2D eigenvalue weighted by Gasteiger charge is 2.24. The topological polar surface area (TPSA) is 56.3 Å². The van der Waals surface area contributed by atoms with Gasteiger partial charge in [-0.3, -0.25) is 8.96 Å². The zero-order valence-corrected chi connectivity index (χ0v) is 17.2. The zero-order chi connectivity index (χ0) is 18.2. The molecule has 1 aromatic carbocycles. The minimum absolute atomic E-state index is 0.599. The standard InChI is InChI=1S/C19H15IN4O2S/c20-26-27-24-11-7-13-16(5-3-6-17(13)24)23-10-8-18-15(12-23)22-19(25-18)14-4-1-2-9-21-14/h1-7,9,11H,8,10,12H2. The van der Waals surface area contributed by atoms with Gasteiger partial charge in [0.25, 0.3) is 0 Å². The summed E-state index contributed by atoms with van der Waals surface area (Å²) in [7, 11) is 0. The molecule has 0 spiro atoms. The molecule has 6 nitrogen and oxygen atoms in total. The molecule has 3 aromatic heterocycles. The van der Waals surface area contributed by atoms with Crippen LogP contribution in [0.4, 0.5) is 5.69 Å². The van der Waals surface area contributed by atoms with Crippen molar-refractivity contribution in [3.05, 3.63) is 66.3 Å². The summed E-state index contributed by atoms with van der Waals surface area (Å²) < 4.78 is 13.2. The van der Waals surface area contributed by atoms with Crippen LogP contribution in [0.1, 0.15) is 11.5 Å². The van der Waals surface area contributed by atoms with Gasteiger partial charge in [0.2, 0.25) is 5.89 Å². The lowest BCUT2D eigenvalue weighted by atomic mass is 10.1. The molecule has 8 heteroatoms. The molecule has 0 saturated heterocycles. The molecule has 0 atom stereocenters. The molecule has 27 heavy (non-hydrogen) atoms. The monoisotopic (exact) mass is 490 g/mol. The van der Waals surface area contributed by atoms with Gasteiger partial charge in [0, 0.05) is 36.4 Å². The van der Waals surface area contributed by atoms with Crippen LogP contribution >= 0.6 is 35.2 Å². The average molecular weight is 490 g/mol. The quantitative estimate of drug-likeness (QED) is 0.296. The Hall–Kier alpha value is -2.04. The summed E-state index contributed by atoms with van der Waals surface area (Å²) >= 11 is 3.20. The number of benzene rings is 1. The van der Waals surface area contributed by atoms with Crippen LogP contribution in [-0.4, -0.2) is 20.5 Å². The highest BCUT2D eigenvalue weighted by Crippen LogP contribution is 2.34. The molecule has 0 unspecified atom stereocenters. The first-order valence-electron chi connectivity index (χ1n) is 8.54. The highest BCUT2D eigenvalue weighted by molar-refractivity contribution is 14.1. The van der Waals surface area contributed by atoms with Crippen molar-refractivity contribution < 1.29 is 6.93 Å². The molecule has 0 aliphatic carbocycles. The third-order valence-corrected chi connectivity index (χ3v) is 5.75. The molecule has 4 aromatic rings. The Bertz CT molecular complexity index is 1100. The Balaban J connectivity index is 1.48. The van der Waals surface area contributed by atoms with Crippen LogP contribution in [0.3, 0.4) is 0 Å². The van der Waals surface area contributed by atoms with Gasteiger partial charge in [-0.15, -0.1) is 0 Å². The lowest BCUT2D eigenvalue weighted by Gasteiger charge is -2.28. The van der Waals surface area contributed by atoms with Gasteiger partial charge in [0.1, 0.15) is 52.4 Å². The number of nitrogens with zero attached hydrogens (tertiary/aromatic N) is 4. The van der Waals surface area contributed by atoms with Crippen molar-refractivity contribution in [3.8, 4) is 11.6 Å². The average Bonchev–Trinajstić information content (AvgIpc) is 3.33. The summed E-state index contributed by atoms with van der Waals surface area (Å²) in [6.07, 6.45) is 4.62. The third-order valence-electron chi connectivity index (χ3n) is 4.73. The predicted molar refractivity (Wildman–Crippen MR) is 115 cm³/mol. The van der Waals surface area contributed by atoms with Crippen molar-refractivity contribution in [1.82, 2.24) is 13.9 Å². The van der Waals surface area contributed by atoms with Gasteiger partial charge in [-0.2, -0.15) is 0 Å². The first-order valence-corrected chi connectivity index (χ1v) is 10.1. The largest absolute Gasteiger partial charge is 0.439 e. The van der Waals surface area contributed by atoms with E-state index in [0.29, 0.717) is 5.89 Å². The summed E-state index contributed by atoms with van der Waals surface area (Å²) in [5, 5.41) is 1.20. The Morgan fingerprint density at radius 3 is 2.96 bits per heavy atom. The SMILES string of the molecule is IOSn1ccc2c(N3CCc4oc(-c5ccccn5)nc4C3)cccc21. The molecule has 1 aliphatic rings. The smallest absolute Gasteiger partial charge is 0.245 e. The van der Waals surface area contributed by atoms with Crippen molar-refractivity contribution in [1.29, 1.82) is 0 Å². The summed E-state index contributed by atoms with van der Waals surface area (Å²) in [4.78, 5) is 11.4. The van der Waals surface area contributed by atoms with E-state index in [1.807, 2.05) is 51.4 Å². The Morgan fingerprint density at radius 1 is 1.15 bits per heavy atom. The number of halogens is 1. The fourth-order valence-corrected chi connectivity index (χ4v) is 4.43. The molecular formula is C19H15IN4O2S.